The summed E-state index contributed by atoms with van der Waals surface area (Å²) in [5, 5.41) is 3.43. The number of aliphatic imine (C=N–C) groups is 1. The number of nitrogens with one attached hydrogen (secondary N) is 1. The van der Waals surface area contributed by atoms with E-state index in [4.69, 9.17) is 0 Å². The van der Waals surface area contributed by atoms with Crippen molar-refractivity contribution in [3.8, 4) is 0 Å². The fourth-order valence-electron chi connectivity index (χ4n) is 1.68. The van der Waals surface area contributed by atoms with Gasteiger partial charge in [0, 0.05) is 11.4 Å². The van der Waals surface area contributed by atoms with Gasteiger partial charge in [-0.3, -0.25) is 4.99 Å². The first kappa shape index (κ1) is 7.59. The molecular weight excluding hydrogens is 148 g/mol. The Balaban J connectivity index is 2.19. The van der Waals surface area contributed by atoms with E-state index in [1.807, 2.05) is 6.92 Å². The van der Waals surface area contributed by atoms with Gasteiger partial charge in [0.2, 0.25) is 0 Å². The van der Waals surface area contributed by atoms with E-state index < -0.39 is 0 Å². The molecule has 0 aromatic heterocycles. The van der Waals surface area contributed by atoms with Crippen LogP contribution >= 0.6 is 0 Å². The highest BCUT2D eigenvalue weighted by Gasteiger charge is 2.25. The Morgan fingerprint density at radius 2 is 2.42 bits per heavy atom. The van der Waals surface area contributed by atoms with E-state index in [1.165, 1.54) is 5.70 Å². The summed E-state index contributed by atoms with van der Waals surface area (Å²) in [7, 11) is 0. The molecule has 0 aromatic carbocycles. The molecule has 0 saturated carbocycles. The number of dihydropyridines is 1. The second kappa shape index (κ2) is 2.77. The SMILES string of the molecule is CCC1=CC2N=C(C)C=CC2N1. The molecule has 2 rings (SSSR count). The van der Waals surface area contributed by atoms with Crippen molar-refractivity contribution < 1.29 is 0 Å². The van der Waals surface area contributed by atoms with E-state index in [-0.39, 0.29) is 0 Å². The maximum atomic E-state index is 4.53. The van der Waals surface area contributed by atoms with Gasteiger partial charge >= 0.3 is 0 Å². The summed E-state index contributed by atoms with van der Waals surface area (Å²) in [4.78, 5) is 4.53. The lowest BCUT2D eigenvalue weighted by atomic mass is 10.1. The molecule has 0 aliphatic carbocycles. The fourth-order valence-corrected chi connectivity index (χ4v) is 1.68. The molecule has 0 saturated heterocycles. The third-order valence-electron chi connectivity index (χ3n) is 2.37. The van der Waals surface area contributed by atoms with E-state index in [2.05, 4.69) is 35.5 Å². The Hall–Kier alpha value is -1.05. The van der Waals surface area contributed by atoms with Gasteiger partial charge in [0.25, 0.3) is 0 Å². The molecule has 2 heterocycles. The maximum absolute atomic E-state index is 4.53. The fraction of sp³-hybridized carbons (Fsp3) is 0.500. The summed E-state index contributed by atoms with van der Waals surface area (Å²) in [6.45, 7) is 4.21. The van der Waals surface area contributed by atoms with Crippen molar-refractivity contribution in [2.24, 2.45) is 4.99 Å². The summed E-state index contributed by atoms with van der Waals surface area (Å²) >= 11 is 0. The number of fused-ring (bicyclic) bond motifs is 1. The van der Waals surface area contributed by atoms with Gasteiger partial charge < -0.3 is 5.32 Å². The third-order valence-corrected chi connectivity index (χ3v) is 2.37. The van der Waals surface area contributed by atoms with Crippen molar-refractivity contribution in [2.75, 3.05) is 0 Å². The van der Waals surface area contributed by atoms with Gasteiger partial charge in [0.05, 0.1) is 12.1 Å². The summed E-state index contributed by atoms with van der Waals surface area (Å²) in [5.74, 6) is 0. The number of hydrogen-bond acceptors (Lipinski definition) is 2. The molecule has 12 heavy (non-hydrogen) atoms. The number of hydrogen-bond donors (Lipinski definition) is 1. The van der Waals surface area contributed by atoms with Gasteiger partial charge in [-0.2, -0.15) is 0 Å². The normalized spacial score (nSPS) is 32.2. The smallest absolute Gasteiger partial charge is 0.0939 e. The minimum atomic E-state index is 0.352. The molecule has 0 radical (unpaired) electrons. The minimum Gasteiger partial charge on any atom is -0.380 e. The van der Waals surface area contributed by atoms with E-state index in [0.717, 1.165) is 12.1 Å². The molecule has 2 heteroatoms. The molecule has 0 fully saturated rings. The predicted octanol–water partition coefficient (Wildman–Crippen LogP) is 1.65. The Morgan fingerprint density at radius 3 is 3.17 bits per heavy atom. The van der Waals surface area contributed by atoms with E-state index in [1.54, 1.807) is 0 Å². The van der Waals surface area contributed by atoms with E-state index >= 15 is 0 Å². The maximum Gasteiger partial charge on any atom is 0.0939 e. The molecule has 0 aromatic rings. The van der Waals surface area contributed by atoms with Crippen LogP contribution in [0.1, 0.15) is 20.3 Å². The van der Waals surface area contributed by atoms with Crippen molar-refractivity contribution in [1.82, 2.24) is 5.32 Å². The quantitative estimate of drug-likeness (QED) is 0.623. The summed E-state index contributed by atoms with van der Waals surface area (Å²) in [6.07, 6.45) is 7.60. The van der Waals surface area contributed by atoms with Crippen LogP contribution in [-0.2, 0) is 0 Å². The van der Waals surface area contributed by atoms with Gasteiger partial charge in [-0.05, 0) is 25.5 Å². The van der Waals surface area contributed by atoms with Gasteiger partial charge in [-0.1, -0.05) is 13.0 Å². The summed E-state index contributed by atoms with van der Waals surface area (Å²) in [6, 6.07) is 0.772. The van der Waals surface area contributed by atoms with Gasteiger partial charge in [-0.15, -0.1) is 0 Å². The Labute approximate surface area is 73.1 Å². The molecule has 0 spiro atoms. The lowest BCUT2D eigenvalue weighted by Crippen LogP contribution is -2.31. The van der Waals surface area contributed by atoms with Crippen LogP contribution in [0.25, 0.3) is 0 Å². The number of nitrogens with zero attached hydrogens (tertiary/aromatic N) is 1. The lowest BCUT2D eigenvalue weighted by molar-refractivity contribution is 0.645. The summed E-state index contributed by atoms with van der Waals surface area (Å²) in [5.41, 5.74) is 2.46. The molecule has 0 bridgehead atoms. The second-order valence-electron chi connectivity index (χ2n) is 3.34. The molecule has 2 atom stereocenters. The van der Waals surface area contributed by atoms with Crippen molar-refractivity contribution in [2.45, 2.75) is 32.4 Å². The predicted molar refractivity (Wildman–Crippen MR) is 51.3 cm³/mol. The first-order valence-electron chi connectivity index (χ1n) is 4.49. The minimum absolute atomic E-state index is 0.352. The Kier molecular flexibility index (Phi) is 1.75. The zero-order valence-corrected chi connectivity index (χ0v) is 7.54. The van der Waals surface area contributed by atoms with Crippen LogP contribution in [0, 0.1) is 0 Å². The molecule has 0 amide bonds. The largest absolute Gasteiger partial charge is 0.380 e. The number of allylic oxidation sites excluding steroid dienone is 2. The average molecular weight is 162 g/mol. The Morgan fingerprint density at radius 1 is 1.58 bits per heavy atom. The zero-order valence-electron chi connectivity index (χ0n) is 7.54. The average Bonchev–Trinajstić information content (AvgIpc) is 2.46. The van der Waals surface area contributed by atoms with Crippen LogP contribution < -0.4 is 5.32 Å². The Bertz CT molecular complexity index is 274. The third kappa shape index (κ3) is 1.17. The molecule has 2 unspecified atom stereocenters. The van der Waals surface area contributed by atoms with Crippen LogP contribution in [0.5, 0.6) is 0 Å². The van der Waals surface area contributed by atoms with Crippen molar-refractivity contribution in [3.63, 3.8) is 0 Å². The molecule has 2 aliphatic rings. The van der Waals surface area contributed by atoms with Gasteiger partial charge in [0.15, 0.2) is 0 Å². The first-order chi connectivity index (χ1) is 5.79. The molecule has 2 nitrogen and oxygen atoms in total. The number of rotatable bonds is 1. The standard InChI is InChI=1S/C10H14N2/c1-3-8-6-10-9(12-8)5-4-7(2)11-10/h4-6,9-10,12H,3H2,1-2H3. The molecule has 64 valence electrons. The zero-order chi connectivity index (χ0) is 8.55. The van der Waals surface area contributed by atoms with Gasteiger partial charge in [0.1, 0.15) is 0 Å². The van der Waals surface area contributed by atoms with Crippen LogP contribution in [0.15, 0.2) is 28.9 Å². The van der Waals surface area contributed by atoms with Crippen LogP contribution in [0.2, 0.25) is 0 Å². The monoisotopic (exact) mass is 162 g/mol. The highest BCUT2D eigenvalue weighted by Crippen LogP contribution is 2.19. The van der Waals surface area contributed by atoms with Crippen molar-refractivity contribution >= 4 is 5.71 Å². The first-order valence-corrected chi connectivity index (χ1v) is 4.49. The van der Waals surface area contributed by atoms with Gasteiger partial charge in [-0.25, -0.2) is 0 Å². The van der Waals surface area contributed by atoms with Crippen LogP contribution in [0.4, 0.5) is 0 Å². The van der Waals surface area contributed by atoms with Crippen LogP contribution in [0.3, 0.4) is 0 Å². The van der Waals surface area contributed by atoms with Crippen LogP contribution in [-0.4, -0.2) is 17.8 Å². The van der Waals surface area contributed by atoms with Crippen molar-refractivity contribution in [3.05, 3.63) is 23.9 Å². The second-order valence-corrected chi connectivity index (χ2v) is 3.34. The molecule has 1 N–H and O–H groups in total. The topological polar surface area (TPSA) is 24.4 Å². The highest BCUT2D eigenvalue weighted by molar-refractivity contribution is 5.94. The molecular formula is C10H14N2. The molecule has 2 aliphatic heterocycles. The summed E-state index contributed by atoms with van der Waals surface area (Å²) < 4.78 is 0. The highest BCUT2D eigenvalue weighted by atomic mass is 15.0. The lowest BCUT2D eigenvalue weighted by Gasteiger charge is -2.17. The van der Waals surface area contributed by atoms with E-state index in [0.29, 0.717) is 12.1 Å². The van der Waals surface area contributed by atoms with E-state index in [9.17, 15) is 0 Å². The van der Waals surface area contributed by atoms with Crippen molar-refractivity contribution in [1.29, 1.82) is 0 Å².